The Labute approximate surface area is 163 Å². The van der Waals surface area contributed by atoms with Gasteiger partial charge in [-0.05, 0) is 50.2 Å². The van der Waals surface area contributed by atoms with Crippen molar-refractivity contribution in [2.45, 2.75) is 51.0 Å². The molecule has 1 aromatic heterocycles. The van der Waals surface area contributed by atoms with E-state index in [0.29, 0.717) is 38.1 Å². The fourth-order valence-electron chi connectivity index (χ4n) is 4.94. The monoisotopic (exact) mass is 392 g/mol. The van der Waals surface area contributed by atoms with Gasteiger partial charge in [-0.2, -0.15) is 17.0 Å². The fraction of sp³-hybridized carbons (Fsp3) is 0.750. The predicted octanol–water partition coefficient (Wildman–Crippen LogP) is 2.14. The third-order valence-electron chi connectivity index (χ3n) is 6.37. The van der Waals surface area contributed by atoms with E-state index in [1.807, 2.05) is 18.3 Å². The molecular formula is C20H32N4O2S. The lowest BCUT2D eigenvalue weighted by Gasteiger charge is -2.29. The molecule has 27 heavy (non-hydrogen) atoms. The van der Waals surface area contributed by atoms with Gasteiger partial charge in [0.15, 0.2) is 0 Å². The summed E-state index contributed by atoms with van der Waals surface area (Å²) in [5.74, 6) is 0.292. The molecule has 1 atom stereocenters. The summed E-state index contributed by atoms with van der Waals surface area (Å²) in [5, 5.41) is 0. The average Bonchev–Trinajstić information content (AvgIpc) is 3.35. The minimum atomic E-state index is -3.34. The van der Waals surface area contributed by atoms with Crippen molar-refractivity contribution < 1.29 is 8.42 Å². The van der Waals surface area contributed by atoms with Crippen LogP contribution in [0.3, 0.4) is 0 Å². The minimum Gasteiger partial charge on any atom is -0.299 e. The molecule has 0 amide bonds. The van der Waals surface area contributed by atoms with Crippen LogP contribution in [0.4, 0.5) is 0 Å². The maximum Gasteiger partial charge on any atom is 0.282 e. The van der Waals surface area contributed by atoms with Crippen molar-refractivity contribution in [3.8, 4) is 0 Å². The summed E-state index contributed by atoms with van der Waals surface area (Å²) in [6, 6.07) is 6.65. The molecular weight excluding hydrogens is 360 g/mol. The van der Waals surface area contributed by atoms with Crippen LogP contribution in [0.2, 0.25) is 0 Å². The molecule has 1 aromatic rings. The lowest BCUT2D eigenvalue weighted by Crippen LogP contribution is -2.45. The Bertz CT molecular complexity index is 700. The topological polar surface area (TPSA) is 56.8 Å². The van der Waals surface area contributed by atoms with Crippen molar-refractivity contribution >= 4 is 10.2 Å². The molecule has 2 aliphatic heterocycles. The lowest BCUT2D eigenvalue weighted by molar-refractivity contribution is 0.187. The van der Waals surface area contributed by atoms with Crippen LogP contribution in [0, 0.1) is 5.92 Å². The van der Waals surface area contributed by atoms with Gasteiger partial charge in [-0.15, -0.1) is 0 Å². The number of hydrogen-bond acceptors (Lipinski definition) is 4. The maximum absolute atomic E-state index is 13.2. The van der Waals surface area contributed by atoms with Crippen LogP contribution < -0.4 is 0 Å². The largest absolute Gasteiger partial charge is 0.299 e. The van der Waals surface area contributed by atoms with E-state index in [0.717, 1.165) is 38.0 Å². The van der Waals surface area contributed by atoms with E-state index in [-0.39, 0.29) is 0 Å². The van der Waals surface area contributed by atoms with Gasteiger partial charge in [0.05, 0.1) is 0 Å². The van der Waals surface area contributed by atoms with E-state index in [2.05, 4.69) is 16.0 Å². The van der Waals surface area contributed by atoms with E-state index in [9.17, 15) is 8.42 Å². The second-order valence-corrected chi connectivity index (χ2v) is 10.2. The number of rotatable bonds is 5. The zero-order valence-corrected chi connectivity index (χ0v) is 17.0. The SMILES string of the molecule is O=S(=O)(N1CCCC1)N1CCN(C2CCCC2)CC(Cc2ccccn2)C1. The standard InChI is InChI=1S/C20H32N4O2S/c25-27(26,23-11-5-6-12-23)24-14-13-22(20-8-1-2-9-20)16-18(17-24)15-19-7-3-4-10-21-19/h3-4,7,10,18,20H,1-2,5-6,8-9,11-17H2. The summed E-state index contributed by atoms with van der Waals surface area (Å²) in [6.07, 6.45) is 9.78. The highest BCUT2D eigenvalue weighted by atomic mass is 32.2. The zero-order valence-electron chi connectivity index (χ0n) is 16.2. The van der Waals surface area contributed by atoms with Crippen LogP contribution in [0.1, 0.15) is 44.2 Å². The van der Waals surface area contributed by atoms with Crippen LogP contribution in [-0.4, -0.2) is 72.2 Å². The molecule has 3 fully saturated rings. The Kier molecular flexibility index (Phi) is 6.12. The van der Waals surface area contributed by atoms with Crippen molar-refractivity contribution in [1.82, 2.24) is 18.5 Å². The van der Waals surface area contributed by atoms with Gasteiger partial charge in [-0.1, -0.05) is 18.9 Å². The summed E-state index contributed by atoms with van der Waals surface area (Å²) < 4.78 is 29.8. The highest BCUT2D eigenvalue weighted by Crippen LogP contribution is 2.28. The Balaban J connectivity index is 1.52. The molecule has 0 radical (unpaired) electrons. The number of hydrogen-bond donors (Lipinski definition) is 0. The summed E-state index contributed by atoms with van der Waals surface area (Å²) >= 11 is 0. The molecule has 0 aromatic carbocycles. The quantitative estimate of drug-likeness (QED) is 0.770. The van der Waals surface area contributed by atoms with Crippen molar-refractivity contribution in [1.29, 1.82) is 0 Å². The first-order valence-electron chi connectivity index (χ1n) is 10.5. The maximum atomic E-state index is 13.2. The molecule has 6 nitrogen and oxygen atoms in total. The third-order valence-corrected chi connectivity index (χ3v) is 8.38. The molecule has 1 unspecified atom stereocenters. The Morgan fingerprint density at radius 1 is 0.926 bits per heavy atom. The van der Waals surface area contributed by atoms with Gasteiger partial charge in [0, 0.05) is 57.2 Å². The molecule has 1 saturated carbocycles. The van der Waals surface area contributed by atoms with Crippen molar-refractivity contribution in [3.63, 3.8) is 0 Å². The normalized spacial score (nSPS) is 27.2. The van der Waals surface area contributed by atoms with Gasteiger partial charge in [0.1, 0.15) is 0 Å². The molecule has 2 saturated heterocycles. The van der Waals surface area contributed by atoms with Crippen molar-refractivity contribution in [2.75, 3.05) is 39.3 Å². The highest BCUT2D eigenvalue weighted by molar-refractivity contribution is 7.86. The first kappa shape index (κ1) is 19.3. The molecule has 0 N–H and O–H groups in total. The highest BCUT2D eigenvalue weighted by Gasteiger charge is 2.37. The van der Waals surface area contributed by atoms with E-state index in [4.69, 9.17) is 0 Å². The summed E-state index contributed by atoms with van der Waals surface area (Å²) in [4.78, 5) is 7.06. The van der Waals surface area contributed by atoms with Gasteiger partial charge in [0.2, 0.25) is 0 Å². The third kappa shape index (κ3) is 4.53. The van der Waals surface area contributed by atoms with Gasteiger partial charge in [0.25, 0.3) is 10.2 Å². The Morgan fingerprint density at radius 3 is 2.41 bits per heavy atom. The minimum absolute atomic E-state index is 0.292. The van der Waals surface area contributed by atoms with E-state index >= 15 is 0 Å². The van der Waals surface area contributed by atoms with Crippen LogP contribution >= 0.6 is 0 Å². The molecule has 3 heterocycles. The summed E-state index contributed by atoms with van der Waals surface area (Å²) in [6.45, 7) is 4.42. The van der Waals surface area contributed by atoms with Gasteiger partial charge >= 0.3 is 0 Å². The first-order chi connectivity index (χ1) is 13.1. The van der Waals surface area contributed by atoms with Crippen LogP contribution in [-0.2, 0) is 16.6 Å². The molecule has 7 heteroatoms. The number of pyridine rings is 1. The summed E-state index contributed by atoms with van der Waals surface area (Å²) in [7, 11) is -3.34. The van der Waals surface area contributed by atoms with Crippen LogP contribution in [0.15, 0.2) is 24.4 Å². The molecule has 3 aliphatic rings. The molecule has 1 aliphatic carbocycles. The van der Waals surface area contributed by atoms with Crippen LogP contribution in [0.5, 0.6) is 0 Å². The number of nitrogens with zero attached hydrogens (tertiary/aromatic N) is 4. The zero-order chi connectivity index (χ0) is 18.7. The molecule has 0 spiro atoms. The van der Waals surface area contributed by atoms with Gasteiger partial charge in [-0.25, -0.2) is 0 Å². The van der Waals surface area contributed by atoms with Gasteiger partial charge < -0.3 is 0 Å². The summed E-state index contributed by atoms with van der Waals surface area (Å²) in [5.41, 5.74) is 1.06. The molecule has 0 bridgehead atoms. The first-order valence-corrected chi connectivity index (χ1v) is 11.9. The van der Waals surface area contributed by atoms with E-state index in [1.54, 1.807) is 8.61 Å². The smallest absolute Gasteiger partial charge is 0.282 e. The second kappa shape index (κ2) is 8.55. The van der Waals surface area contributed by atoms with Gasteiger partial charge in [-0.3, -0.25) is 9.88 Å². The fourth-order valence-corrected chi connectivity index (χ4v) is 6.69. The molecule has 4 rings (SSSR count). The van der Waals surface area contributed by atoms with E-state index < -0.39 is 10.2 Å². The predicted molar refractivity (Wildman–Crippen MR) is 107 cm³/mol. The Morgan fingerprint density at radius 2 is 1.70 bits per heavy atom. The van der Waals surface area contributed by atoms with Crippen molar-refractivity contribution in [3.05, 3.63) is 30.1 Å². The van der Waals surface area contributed by atoms with Crippen molar-refractivity contribution in [2.24, 2.45) is 5.92 Å². The lowest BCUT2D eigenvalue weighted by atomic mass is 10.0. The van der Waals surface area contributed by atoms with Crippen LogP contribution in [0.25, 0.3) is 0 Å². The Hall–Kier alpha value is -1.02. The second-order valence-electron chi connectivity index (χ2n) is 8.30. The number of aromatic nitrogens is 1. The molecule has 150 valence electrons. The van der Waals surface area contributed by atoms with E-state index in [1.165, 1.54) is 25.7 Å². The average molecular weight is 393 g/mol.